The maximum absolute atomic E-state index is 12.4. The number of carbonyl (C=O) groups excluding carboxylic acids is 1. The molecule has 1 N–H and O–H groups in total. The molecule has 0 radical (unpaired) electrons. The minimum absolute atomic E-state index is 0.0494. The monoisotopic (exact) mass is 408 g/mol. The summed E-state index contributed by atoms with van der Waals surface area (Å²) in [5.41, 5.74) is 2.41. The van der Waals surface area contributed by atoms with E-state index in [-0.39, 0.29) is 5.91 Å². The van der Waals surface area contributed by atoms with E-state index >= 15 is 0 Å². The Hall–Kier alpha value is -2.70. The number of nitrogens with zero attached hydrogens (tertiary/aromatic N) is 3. The number of carbonyl (C=O) groups is 1. The zero-order chi connectivity index (χ0) is 19.8. The summed E-state index contributed by atoms with van der Waals surface area (Å²) in [6.45, 7) is 3.00. The van der Waals surface area contributed by atoms with E-state index in [0.717, 1.165) is 53.6 Å². The summed E-state index contributed by atoms with van der Waals surface area (Å²) in [7, 11) is 0. The smallest absolute Gasteiger partial charge is 0.251 e. The Labute approximate surface area is 173 Å². The summed E-state index contributed by atoms with van der Waals surface area (Å²) in [6, 6.07) is 11.9. The number of amides is 1. The van der Waals surface area contributed by atoms with Crippen molar-refractivity contribution in [2.45, 2.75) is 18.9 Å². The Morgan fingerprint density at radius 3 is 2.76 bits per heavy atom. The van der Waals surface area contributed by atoms with E-state index in [2.05, 4.69) is 32.5 Å². The van der Waals surface area contributed by atoms with Gasteiger partial charge in [0.2, 0.25) is 0 Å². The van der Waals surface area contributed by atoms with Crippen LogP contribution in [0.15, 0.2) is 42.6 Å². The molecule has 3 aromatic rings. The van der Waals surface area contributed by atoms with Crippen LogP contribution >= 0.6 is 11.6 Å². The summed E-state index contributed by atoms with van der Waals surface area (Å²) in [4.78, 5) is 14.6. The molecule has 1 saturated heterocycles. The first-order valence-electron chi connectivity index (χ1n) is 9.88. The third-order valence-corrected chi connectivity index (χ3v) is 5.73. The van der Waals surface area contributed by atoms with Crippen molar-refractivity contribution in [2.75, 3.05) is 31.2 Å². The lowest BCUT2D eigenvalue weighted by molar-refractivity contribution is 0.0951. The molecule has 0 atom stereocenters. The number of ether oxygens (including phenoxy) is 1. The number of hydrogen-bond acceptors (Lipinski definition) is 5. The SMILES string of the molecule is O=C(NC1CC1)c1ccc(Cl)c(-c2ccc3c(N4CCOCC4)nncc3c2)c1. The number of benzene rings is 2. The molecule has 0 unspecified atom stereocenters. The van der Waals surface area contributed by atoms with Crippen LogP contribution in [0.1, 0.15) is 23.2 Å². The zero-order valence-corrected chi connectivity index (χ0v) is 16.7. The second-order valence-corrected chi connectivity index (χ2v) is 7.92. The summed E-state index contributed by atoms with van der Waals surface area (Å²) < 4.78 is 5.44. The predicted molar refractivity (Wildman–Crippen MR) is 114 cm³/mol. The molecule has 2 aliphatic rings. The molecule has 5 rings (SSSR count). The van der Waals surface area contributed by atoms with Crippen molar-refractivity contribution in [3.8, 4) is 11.1 Å². The molecular weight excluding hydrogens is 388 g/mol. The quantitative estimate of drug-likeness (QED) is 0.713. The Kier molecular flexibility index (Phi) is 4.81. The molecule has 2 aromatic carbocycles. The molecule has 0 spiro atoms. The Balaban J connectivity index is 1.51. The second-order valence-electron chi connectivity index (χ2n) is 7.51. The molecule has 1 aliphatic heterocycles. The lowest BCUT2D eigenvalue weighted by atomic mass is 10.00. The first-order valence-corrected chi connectivity index (χ1v) is 10.3. The number of morpholine rings is 1. The molecule has 1 aromatic heterocycles. The van der Waals surface area contributed by atoms with E-state index in [4.69, 9.17) is 16.3 Å². The van der Waals surface area contributed by atoms with Gasteiger partial charge in [-0.1, -0.05) is 17.7 Å². The molecule has 1 saturated carbocycles. The highest BCUT2D eigenvalue weighted by molar-refractivity contribution is 6.33. The van der Waals surface area contributed by atoms with Crippen molar-refractivity contribution in [3.05, 3.63) is 53.2 Å². The van der Waals surface area contributed by atoms with Crippen LogP contribution in [0, 0.1) is 0 Å². The summed E-state index contributed by atoms with van der Waals surface area (Å²) >= 11 is 6.48. The lowest BCUT2D eigenvalue weighted by Crippen LogP contribution is -2.37. The van der Waals surface area contributed by atoms with E-state index in [0.29, 0.717) is 29.8 Å². The average molecular weight is 409 g/mol. The normalized spacial score (nSPS) is 16.8. The molecule has 1 amide bonds. The Morgan fingerprint density at radius 2 is 1.97 bits per heavy atom. The number of fused-ring (bicyclic) bond motifs is 1. The van der Waals surface area contributed by atoms with Crippen molar-refractivity contribution in [1.29, 1.82) is 0 Å². The Morgan fingerprint density at radius 1 is 1.14 bits per heavy atom. The van der Waals surface area contributed by atoms with Gasteiger partial charge in [0.1, 0.15) is 0 Å². The van der Waals surface area contributed by atoms with Crippen LogP contribution in [0.2, 0.25) is 5.02 Å². The lowest BCUT2D eigenvalue weighted by Gasteiger charge is -2.28. The van der Waals surface area contributed by atoms with Gasteiger partial charge in [-0.25, -0.2) is 0 Å². The number of rotatable bonds is 4. The van der Waals surface area contributed by atoms with Gasteiger partial charge in [0.05, 0.1) is 19.4 Å². The average Bonchev–Trinajstić information content (AvgIpc) is 3.58. The molecule has 148 valence electrons. The fourth-order valence-corrected chi connectivity index (χ4v) is 3.86. The number of anilines is 1. The predicted octanol–water partition coefficient (Wildman–Crippen LogP) is 3.68. The van der Waals surface area contributed by atoms with Crippen LogP contribution < -0.4 is 10.2 Å². The van der Waals surface area contributed by atoms with Crippen molar-refractivity contribution in [2.24, 2.45) is 0 Å². The molecular formula is C22H21ClN4O2. The van der Waals surface area contributed by atoms with Gasteiger partial charge in [0, 0.05) is 46.1 Å². The van der Waals surface area contributed by atoms with E-state index in [1.807, 2.05) is 12.1 Å². The van der Waals surface area contributed by atoms with E-state index in [1.165, 1.54) is 0 Å². The van der Waals surface area contributed by atoms with Gasteiger partial charge in [0.25, 0.3) is 5.91 Å². The second kappa shape index (κ2) is 7.61. The maximum atomic E-state index is 12.4. The number of aromatic nitrogens is 2. The standard InChI is InChI=1S/C22H21ClN4O2/c23-20-6-2-15(22(28)25-17-3-4-17)12-19(20)14-1-5-18-16(11-14)13-24-26-21(18)27-7-9-29-10-8-27/h1-2,5-6,11-13,17H,3-4,7-10H2,(H,25,28). The van der Waals surface area contributed by atoms with E-state index in [1.54, 1.807) is 18.3 Å². The highest BCUT2D eigenvalue weighted by Crippen LogP contribution is 2.33. The molecule has 2 fully saturated rings. The molecule has 29 heavy (non-hydrogen) atoms. The van der Waals surface area contributed by atoms with Crippen molar-refractivity contribution < 1.29 is 9.53 Å². The highest BCUT2D eigenvalue weighted by atomic mass is 35.5. The van der Waals surface area contributed by atoms with Crippen LogP contribution in [0.3, 0.4) is 0 Å². The topological polar surface area (TPSA) is 67.4 Å². The Bertz CT molecular complexity index is 1080. The summed E-state index contributed by atoms with van der Waals surface area (Å²) in [5.74, 6) is 0.827. The number of nitrogens with one attached hydrogen (secondary N) is 1. The number of halogens is 1. The first kappa shape index (κ1) is 18.3. The number of hydrogen-bond donors (Lipinski definition) is 1. The summed E-state index contributed by atoms with van der Waals surface area (Å²) in [5, 5.41) is 14.2. The van der Waals surface area contributed by atoms with E-state index < -0.39 is 0 Å². The zero-order valence-electron chi connectivity index (χ0n) is 15.9. The third kappa shape index (κ3) is 3.78. The summed E-state index contributed by atoms with van der Waals surface area (Å²) in [6.07, 6.45) is 3.88. The molecule has 2 heterocycles. The molecule has 1 aliphatic carbocycles. The van der Waals surface area contributed by atoms with Crippen LogP contribution in [-0.2, 0) is 4.74 Å². The van der Waals surface area contributed by atoms with Crippen LogP contribution in [0.5, 0.6) is 0 Å². The molecule has 0 bridgehead atoms. The van der Waals surface area contributed by atoms with Crippen LogP contribution in [0.25, 0.3) is 21.9 Å². The van der Waals surface area contributed by atoms with Gasteiger partial charge in [-0.05, 0) is 48.7 Å². The first-order chi connectivity index (χ1) is 14.2. The van der Waals surface area contributed by atoms with Gasteiger partial charge < -0.3 is 15.0 Å². The van der Waals surface area contributed by atoms with E-state index in [9.17, 15) is 4.79 Å². The van der Waals surface area contributed by atoms with Crippen molar-refractivity contribution >= 4 is 34.1 Å². The van der Waals surface area contributed by atoms with Gasteiger partial charge >= 0.3 is 0 Å². The van der Waals surface area contributed by atoms with Gasteiger partial charge in [-0.2, -0.15) is 5.10 Å². The minimum Gasteiger partial charge on any atom is -0.378 e. The minimum atomic E-state index is -0.0494. The highest BCUT2D eigenvalue weighted by Gasteiger charge is 2.24. The fraction of sp³-hybridized carbons (Fsp3) is 0.318. The van der Waals surface area contributed by atoms with Gasteiger partial charge in [-0.3, -0.25) is 4.79 Å². The molecule has 7 heteroatoms. The third-order valence-electron chi connectivity index (χ3n) is 5.40. The van der Waals surface area contributed by atoms with Crippen molar-refractivity contribution in [3.63, 3.8) is 0 Å². The molecule has 6 nitrogen and oxygen atoms in total. The van der Waals surface area contributed by atoms with Gasteiger partial charge in [-0.15, -0.1) is 5.10 Å². The van der Waals surface area contributed by atoms with Crippen LogP contribution in [0.4, 0.5) is 5.82 Å². The maximum Gasteiger partial charge on any atom is 0.251 e. The fourth-order valence-electron chi connectivity index (χ4n) is 3.63. The van der Waals surface area contributed by atoms with Gasteiger partial charge in [0.15, 0.2) is 5.82 Å². The van der Waals surface area contributed by atoms with Crippen molar-refractivity contribution in [1.82, 2.24) is 15.5 Å². The van der Waals surface area contributed by atoms with Crippen LogP contribution in [-0.4, -0.2) is 48.4 Å². The largest absolute Gasteiger partial charge is 0.378 e.